The van der Waals surface area contributed by atoms with Crippen LogP contribution in [0.15, 0.2) is 65.6 Å². The third-order valence-corrected chi connectivity index (χ3v) is 7.08. The number of aromatic nitrogens is 1. The largest absolute Gasteiger partial charge is 0.347 e. The van der Waals surface area contributed by atoms with Gasteiger partial charge in [-0.3, -0.25) is 14.4 Å². The number of amides is 1. The van der Waals surface area contributed by atoms with E-state index in [-0.39, 0.29) is 29.6 Å². The highest BCUT2D eigenvalue weighted by molar-refractivity contribution is 5.83. The van der Waals surface area contributed by atoms with E-state index < -0.39 is 12.1 Å². The first-order valence-electron chi connectivity index (χ1n) is 13.8. The van der Waals surface area contributed by atoms with Gasteiger partial charge < -0.3 is 14.8 Å². The Labute approximate surface area is 233 Å². The van der Waals surface area contributed by atoms with E-state index in [1.165, 1.54) is 11.1 Å². The van der Waals surface area contributed by atoms with E-state index in [1.807, 2.05) is 63.2 Å². The van der Waals surface area contributed by atoms with Crippen molar-refractivity contribution in [2.75, 3.05) is 20.6 Å². The summed E-state index contributed by atoms with van der Waals surface area (Å²) in [7, 11) is 3.95. The van der Waals surface area contributed by atoms with Crippen LogP contribution < -0.4 is 10.9 Å². The summed E-state index contributed by atoms with van der Waals surface area (Å²) in [5.74, 6) is -0.0722. The molecule has 0 radical (unpaired) electrons. The number of hydrogen-bond acceptors (Lipinski definition) is 4. The molecule has 2 atom stereocenters. The van der Waals surface area contributed by atoms with E-state index in [2.05, 4.69) is 43.4 Å². The Morgan fingerprint density at radius 1 is 0.974 bits per heavy atom. The highest BCUT2D eigenvalue weighted by atomic mass is 16.2. The summed E-state index contributed by atoms with van der Waals surface area (Å²) in [5.41, 5.74) is 5.97. The standard InChI is InChI=1S/C33H43N3O3/c1-22(2)19-30(36-17-10-15-26(33(36)39)16-18-35(6)7)32(38)34-29(20-25(5)37)27-13-9-14-28(21-27)31-23(3)11-8-12-24(31)4/h8-15,17,21-22,29-30H,16,18-20H2,1-7H3,(H,34,38)/t29-,30?/m0/s1. The third-order valence-electron chi connectivity index (χ3n) is 7.08. The topological polar surface area (TPSA) is 71.4 Å². The van der Waals surface area contributed by atoms with Crippen molar-refractivity contribution in [3.8, 4) is 11.1 Å². The fraction of sp³-hybridized carbons (Fsp3) is 0.424. The van der Waals surface area contributed by atoms with Crippen molar-refractivity contribution in [2.24, 2.45) is 5.92 Å². The average molecular weight is 530 g/mol. The van der Waals surface area contributed by atoms with Gasteiger partial charge in [0.1, 0.15) is 11.8 Å². The number of rotatable bonds is 12. The van der Waals surface area contributed by atoms with Gasteiger partial charge in [0.05, 0.1) is 6.04 Å². The van der Waals surface area contributed by atoms with Gasteiger partial charge in [-0.25, -0.2) is 0 Å². The lowest BCUT2D eigenvalue weighted by atomic mass is 9.92. The Morgan fingerprint density at radius 2 is 1.64 bits per heavy atom. The molecule has 2 aromatic carbocycles. The molecule has 3 rings (SSSR count). The Bertz CT molecular complexity index is 1340. The summed E-state index contributed by atoms with van der Waals surface area (Å²) in [5, 5.41) is 3.15. The van der Waals surface area contributed by atoms with Crippen LogP contribution in [0.25, 0.3) is 11.1 Å². The first kappa shape index (κ1) is 30.0. The second-order valence-corrected chi connectivity index (χ2v) is 11.3. The van der Waals surface area contributed by atoms with Crippen molar-refractivity contribution in [3.05, 3.63) is 93.4 Å². The lowest BCUT2D eigenvalue weighted by Gasteiger charge is -2.26. The van der Waals surface area contributed by atoms with Crippen LogP contribution in [-0.2, 0) is 16.0 Å². The minimum Gasteiger partial charge on any atom is -0.347 e. The summed E-state index contributed by atoms with van der Waals surface area (Å²) < 4.78 is 1.57. The van der Waals surface area contributed by atoms with E-state index >= 15 is 0 Å². The Kier molecular flexibility index (Phi) is 10.4. The van der Waals surface area contributed by atoms with Crippen LogP contribution in [0.1, 0.15) is 68.0 Å². The molecule has 0 aliphatic rings. The van der Waals surface area contributed by atoms with Crippen LogP contribution in [0, 0.1) is 19.8 Å². The zero-order valence-electron chi connectivity index (χ0n) is 24.5. The Morgan fingerprint density at radius 3 is 2.26 bits per heavy atom. The number of Topliss-reactive ketones (excluding diaryl/α,β-unsaturated/α-hetero) is 1. The molecule has 1 heterocycles. The number of nitrogens with one attached hydrogen (secondary N) is 1. The summed E-state index contributed by atoms with van der Waals surface area (Å²) in [6.07, 6.45) is 3.00. The number of ketones is 1. The lowest BCUT2D eigenvalue weighted by molar-refractivity contribution is -0.126. The average Bonchev–Trinajstić information content (AvgIpc) is 2.86. The molecule has 208 valence electrons. The van der Waals surface area contributed by atoms with Crippen molar-refractivity contribution >= 4 is 11.7 Å². The molecule has 0 aliphatic heterocycles. The van der Waals surface area contributed by atoms with Crippen molar-refractivity contribution in [1.29, 1.82) is 0 Å². The van der Waals surface area contributed by atoms with Gasteiger partial charge in [-0.2, -0.15) is 0 Å². The van der Waals surface area contributed by atoms with Crippen molar-refractivity contribution in [2.45, 2.75) is 66.0 Å². The third kappa shape index (κ3) is 7.99. The van der Waals surface area contributed by atoms with Gasteiger partial charge in [-0.15, -0.1) is 0 Å². The number of carbonyl (C=O) groups excluding carboxylic acids is 2. The molecular formula is C33H43N3O3. The van der Waals surface area contributed by atoms with Gasteiger partial charge in [0, 0.05) is 24.7 Å². The zero-order chi connectivity index (χ0) is 28.7. The van der Waals surface area contributed by atoms with E-state index in [9.17, 15) is 14.4 Å². The van der Waals surface area contributed by atoms with Gasteiger partial charge in [0.2, 0.25) is 5.91 Å². The predicted octanol–water partition coefficient (Wildman–Crippen LogP) is 5.66. The highest BCUT2D eigenvalue weighted by Crippen LogP contribution is 2.30. The highest BCUT2D eigenvalue weighted by Gasteiger charge is 2.27. The molecule has 0 saturated carbocycles. The summed E-state index contributed by atoms with van der Waals surface area (Å²) in [6.45, 7) is 10.6. The van der Waals surface area contributed by atoms with Crippen molar-refractivity contribution in [1.82, 2.24) is 14.8 Å². The number of likely N-dealkylation sites (N-methyl/N-ethyl adjacent to an activating group) is 1. The maximum Gasteiger partial charge on any atom is 0.254 e. The van der Waals surface area contributed by atoms with Crippen molar-refractivity contribution in [3.63, 3.8) is 0 Å². The fourth-order valence-corrected chi connectivity index (χ4v) is 5.12. The van der Waals surface area contributed by atoms with Crippen LogP contribution in [-0.4, -0.2) is 41.8 Å². The number of nitrogens with zero attached hydrogens (tertiary/aromatic N) is 2. The molecule has 0 spiro atoms. The molecule has 0 bridgehead atoms. The molecule has 3 aromatic rings. The molecule has 0 fully saturated rings. The maximum atomic E-state index is 13.8. The fourth-order valence-electron chi connectivity index (χ4n) is 5.12. The molecule has 1 N–H and O–H groups in total. The molecule has 6 nitrogen and oxygen atoms in total. The second kappa shape index (κ2) is 13.5. The monoisotopic (exact) mass is 529 g/mol. The van der Waals surface area contributed by atoms with E-state index in [4.69, 9.17) is 0 Å². The van der Waals surface area contributed by atoms with Gasteiger partial charge >= 0.3 is 0 Å². The quantitative estimate of drug-likeness (QED) is 0.329. The predicted molar refractivity (Wildman–Crippen MR) is 159 cm³/mol. The molecule has 1 unspecified atom stereocenters. The molecule has 1 aromatic heterocycles. The van der Waals surface area contributed by atoms with Gasteiger partial charge in [0.15, 0.2) is 0 Å². The van der Waals surface area contributed by atoms with Crippen molar-refractivity contribution < 1.29 is 9.59 Å². The van der Waals surface area contributed by atoms with Crippen LogP contribution in [0.4, 0.5) is 0 Å². The Balaban J connectivity index is 1.98. The summed E-state index contributed by atoms with van der Waals surface area (Å²) in [4.78, 5) is 41.6. The van der Waals surface area contributed by atoms with Crippen LogP contribution in [0.3, 0.4) is 0 Å². The molecule has 0 saturated heterocycles. The number of hydrogen-bond donors (Lipinski definition) is 1. The minimum absolute atomic E-state index is 0.0129. The number of benzene rings is 2. The molecule has 6 heteroatoms. The summed E-state index contributed by atoms with van der Waals surface area (Å²) in [6, 6.07) is 16.8. The van der Waals surface area contributed by atoms with Gasteiger partial charge in [0.25, 0.3) is 5.56 Å². The number of aryl methyl sites for hydroxylation is 2. The first-order chi connectivity index (χ1) is 18.5. The molecule has 1 amide bonds. The Hall–Kier alpha value is -3.51. The minimum atomic E-state index is -0.673. The van der Waals surface area contributed by atoms with E-state index in [0.717, 1.165) is 23.2 Å². The lowest BCUT2D eigenvalue weighted by Crippen LogP contribution is -2.40. The smallest absolute Gasteiger partial charge is 0.254 e. The normalized spacial score (nSPS) is 12.9. The summed E-state index contributed by atoms with van der Waals surface area (Å²) >= 11 is 0. The van der Waals surface area contributed by atoms with Gasteiger partial charge in [-0.05, 0) is 93.6 Å². The number of pyridine rings is 1. The van der Waals surface area contributed by atoms with E-state index in [0.29, 0.717) is 18.4 Å². The van der Waals surface area contributed by atoms with E-state index in [1.54, 1.807) is 17.7 Å². The number of carbonyl (C=O) groups is 2. The van der Waals surface area contributed by atoms with Gasteiger partial charge in [-0.1, -0.05) is 56.3 Å². The maximum absolute atomic E-state index is 13.8. The molecule has 0 aliphatic carbocycles. The van der Waals surface area contributed by atoms with Crippen LogP contribution in [0.2, 0.25) is 0 Å². The molecular weight excluding hydrogens is 486 g/mol. The van der Waals surface area contributed by atoms with Crippen LogP contribution in [0.5, 0.6) is 0 Å². The first-order valence-corrected chi connectivity index (χ1v) is 13.8. The van der Waals surface area contributed by atoms with Crippen LogP contribution >= 0.6 is 0 Å². The zero-order valence-corrected chi connectivity index (χ0v) is 24.5. The SMILES string of the molecule is CC(=O)C[C@H](NC(=O)C(CC(C)C)n1cccc(CCN(C)C)c1=O)c1cccc(-c2c(C)cccc2C)c1. The molecule has 39 heavy (non-hydrogen) atoms. The second-order valence-electron chi connectivity index (χ2n) is 11.3.